The normalized spacial score (nSPS) is 22.9. The summed E-state index contributed by atoms with van der Waals surface area (Å²) >= 11 is 0. The van der Waals surface area contributed by atoms with E-state index >= 15 is 0 Å². The SMILES string of the molecule is CCOc1ccc(OCC(=O)N2C3CCNCC2CC3)cc1.Cl. The highest BCUT2D eigenvalue weighted by atomic mass is 35.5. The summed E-state index contributed by atoms with van der Waals surface area (Å²) in [7, 11) is 0. The molecule has 1 aromatic carbocycles. The van der Waals surface area contributed by atoms with Crippen molar-refractivity contribution in [1.29, 1.82) is 0 Å². The number of hydrogen-bond acceptors (Lipinski definition) is 4. The summed E-state index contributed by atoms with van der Waals surface area (Å²) in [6, 6.07) is 8.14. The van der Waals surface area contributed by atoms with Crippen LogP contribution in [0.25, 0.3) is 0 Å². The van der Waals surface area contributed by atoms with Crippen LogP contribution in [0, 0.1) is 0 Å². The monoisotopic (exact) mass is 340 g/mol. The molecule has 3 rings (SSSR count). The van der Waals surface area contributed by atoms with E-state index in [1.807, 2.05) is 31.2 Å². The van der Waals surface area contributed by atoms with Gasteiger partial charge in [0, 0.05) is 18.6 Å². The summed E-state index contributed by atoms with van der Waals surface area (Å²) in [5.74, 6) is 1.62. The summed E-state index contributed by atoms with van der Waals surface area (Å²) < 4.78 is 11.0. The molecule has 0 aliphatic carbocycles. The molecule has 2 aliphatic heterocycles. The molecule has 1 N–H and O–H groups in total. The molecule has 0 saturated carbocycles. The van der Waals surface area contributed by atoms with E-state index < -0.39 is 0 Å². The van der Waals surface area contributed by atoms with Gasteiger partial charge >= 0.3 is 0 Å². The maximum atomic E-state index is 12.5. The zero-order chi connectivity index (χ0) is 15.4. The van der Waals surface area contributed by atoms with Gasteiger partial charge in [0.15, 0.2) is 6.61 Å². The van der Waals surface area contributed by atoms with Crippen LogP contribution in [0.1, 0.15) is 26.2 Å². The minimum absolute atomic E-state index is 0. The van der Waals surface area contributed by atoms with Crippen molar-refractivity contribution < 1.29 is 14.3 Å². The number of hydrogen-bond donors (Lipinski definition) is 1. The summed E-state index contributed by atoms with van der Waals surface area (Å²) in [6.07, 6.45) is 3.28. The first kappa shape index (κ1) is 17.9. The van der Waals surface area contributed by atoms with Crippen molar-refractivity contribution in [2.45, 2.75) is 38.3 Å². The van der Waals surface area contributed by atoms with E-state index in [9.17, 15) is 4.79 Å². The second-order valence-corrected chi connectivity index (χ2v) is 5.87. The van der Waals surface area contributed by atoms with Crippen molar-refractivity contribution in [2.24, 2.45) is 0 Å². The molecule has 0 aromatic heterocycles. The highest BCUT2D eigenvalue weighted by Gasteiger charge is 2.37. The van der Waals surface area contributed by atoms with Gasteiger partial charge in [-0.05, 0) is 57.0 Å². The summed E-state index contributed by atoms with van der Waals surface area (Å²) in [6.45, 7) is 4.62. The van der Waals surface area contributed by atoms with E-state index in [1.54, 1.807) is 0 Å². The van der Waals surface area contributed by atoms with E-state index in [0.29, 0.717) is 24.4 Å². The fourth-order valence-corrected chi connectivity index (χ4v) is 3.41. The molecule has 2 aliphatic rings. The van der Waals surface area contributed by atoms with Crippen molar-refractivity contribution in [3.63, 3.8) is 0 Å². The molecular weight excluding hydrogens is 316 g/mol. The van der Waals surface area contributed by atoms with E-state index in [2.05, 4.69) is 10.2 Å². The van der Waals surface area contributed by atoms with Crippen molar-refractivity contribution >= 4 is 18.3 Å². The van der Waals surface area contributed by atoms with Crippen molar-refractivity contribution in [1.82, 2.24) is 10.2 Å². The van der Waals surface area contributed by atoms with Gasteiger partial charge in [0.1, 0.15) is 11.5 Å². The number of nitrogens with zero attached hydrogens (tertiary/aromatic N) is 1. The Morgan fingerprint density at radius 1 is 1.13 bits per heavy atom. The maximum absolute atomic E-state index is 12.5. The molecule has 1 aromatic rings. The lowest BCUT2D eigenvalue weighted by Gasteiger charge is -2.27. The van der Waals surface area contributed by atoms with Crippen LogP contribution in [0.4, 0.5) is 0 Å². The zero-order valence-electron chi connectivity index (χ0n) is 13.5. The van der Waals surface area contributed by atoms with Crippen LogP contribution in [-0.4, -0.2) is 49.2 Å². The molecule has 128 valence electrons. The Morgan fingerprint density at radius 3 is 2.48 bits per heavy atom. The van der Waals surface area contributed by atoms with Gasteiger partial charge in [-0.3, -0.25) is 4.79 Å². The largest absolute Gasteiger partial charge is 0.494 e. The van der Waals surface area contributed by atoms with Crippen LogP contribution in [0.15, 0.2) is 24.3 Å². The van der Waals surface area contributed by atoms with Gasteiger partial charge in [-0.25, -0.2) is 0 Å². The number of ether oxygens (including phenoxy) is 2. The van der Waals surface area contributed by atoms with Crippen molar-refractivity contribution in [2.75, 3.05) is 26.3 Å². The Hall–Kier alpha value is -1.46. The smallest absolute Gasteiger partial charge is 0.261 e. The fourth-order valence-electron chi connectivity index (χ4n) is 3.41. The molecule has 2 atom stereocenters. The first-order valence-corrected chi connectivity index (χ1v) is 8.15. The van der Waals surface area contributed by atoms with E-state index in [1.165, 1.54) is 0 Å². The third kappa shape index (κ3) is 4.30. The highest BCUT2D eigenvalue weighted by molar-refractivity contribution is 5.85. The van der Waals surface area contributed by atoms with E-state index in [4.69, 9.17) is 9.47 Å². The quantitative estimate of drug-likeness (QED) is 0.893. The Balaban J connectivity index is 0.00000192. The maximum Gasteiger partial charge on any atom is 0.261 e. The van der Waals surface area contributed by atoms with E-state index in [-0.39, 0.29) is 24.9 Å². The third-order valence-corrected chi connectivity index (χ3v) is 4.44. The lowest BCUT2D eigenvalue weighted by atomic mass is 10.1. The molecule has 5 nitrogen and oxygen atoms in total. The zero-order valence-corrected chi connectivity index (χ0v) is 14.3. The molecule has 0 radical (unpaired) electrons. The minimum atomic E-state index is 0. The van der Waals surface area contributed by atoms with Gasteiger partial charge in [0.25, 0.3) is 5.91 Å². The van der Waals surface area contributed by atoms with E-state index in [0.717, 1.165) is 38.1 Å². The number of carbonyl (C=O) groups is 1. The molecule has 2 fully saturated rings. The number of nitrogens with one attached hydrogen (secondary N) is 1. The summed E-state index contributed by atoms with van der Waals surface area (Å²) in [5, 5.41) is 3.41. The standard InChI is InChI=1S/C17H24N2O3.ClH/c1-2-21-15-5-7-16(8-6-15)22-12-17(20)19-13-3-4-14(19)11-18-10-9-13;/h5-8,13-14,18H,2-4,9-12H2,1H3;1H. The van der Waals surface area contributed by atoms with Gasteiger partial charge in [0.2, 0.25) is 0 Å². The second kappa shape index (κ2) is 8.41. The van der Waals surface area contributed by atoms with Gasteiger partial charge in [-0.2, -0.15) is 0 Å². The molecule has 23 heavy (non-hydrogen) atoms. The summed E-state index contributed by atoms with van der Waals surface area (Å²) in [4.78, 5) is 14.6. The van der Waals surface area contributed by atoms with Gasteiger partial charge < -0.3 is 19.7 Å². The Morgan fingerprint density at radius 2 is 1.78 bits per heavy atom. The van der Waals surface area contributed by atoms with Crippen LogP contribution in [-0.2, 0) is 4.79 Å². The average Bonchev–Trinajstić information content (AvgIpc) is 2.80. The molecular formula is C17H25ClN2O3. The van der Waals surface area contributed by atoms with Gasteiger partial charge in [-0.1, -0.05) is 0 Å². The fraction of sp³-hybridized carbons (Fsp3) is 0.588. The Labute approximate surface area is 143 Å². The van der Waals surface area contributed by atoms with Crippen LogP contribution < -0.4 is 14.8 Å². The van der Waals surface area contributed by atoms with Crippen LogP contribution in [0.5, 0.6) is 11.5 Å². The van der Waals surface area contributed by atoms with Gasteiger partial charge in [0.05, 0.1) is 6.61 Å². The second-order valence-electron chi connectivity index (χ2n) is 5.87. The predicted molar refractivity (Wildman–Crippen MR) is 91.5 cm³/mol. The van der Waals surface area contributed by atoms with Crippen LogP contribution >= 0.6 is 12.4 Å². The lowest BCUT2D eigenvalue weighted by molar-refractivity contribution is -0.136. The Kier molecular flexibility index (Phi) is 6.54. The number of halogens is 1. The minimum Gasteiger partial charge on any atom is -0.494 e. The number of carbonyl (C=O) groups excluding carboxylic acids is 1. The first-order valence-electron chi connectivity index (χ1n) is 8.15. The topological polar surface area (TPSA) is 50.8 Å². The molecule has 2 heterocycles. The number of rotatable bonds is 5. The van der Waals surface area contributed by atoms with Crippen molar-refractivity contribution in [3.05, 3.63) is 24.3 Å². The van der Waals surface area contributed by atoms with Crippen molar-refractivity contribution in [3.8, 4) is 11.5 Å². The molecule has 0 spiro atoms. The molecule has 2 saturated heterocycles. The molecule has 2 unspecified atom stereocenters. The molecule has 2 bridgehead atoms. The number of amides is 1. The lowest BCUT2D eigenvalue weighted by Crippen LogP contribution is -2.44. The summed E-state index contributed by atoms with van der Waals surface area (Å²) in [5.41, 5.74) is 0. The molecule has 1 amide bonds. The van der Waals surface area contributed by atoms with Crippen LogP contribution in [0.3, 0.4) is 0 Å². The number of fused-ring (bicyclic) bond motifs is 2. The first-order chi connectivity index (χ1) is 10.8. The van der Waals surface area contributed by atoms with Gasteiger partial charge in [-0.15, -0.1) is 12.4 Å². The highest BCUT2D eigenvalue weighted by Crippen LogP contribution is 2.28. The number of benzene rings is 1. The Bertz CT molecular complexity index is 495. The average molecular weight is 341 g/mol. The van der Waals surface area contributed by atoms with Crippen LogP contribution in [0.2, 0.25) is 0 Å². The third-order valence-electron chi connectivity index (χ3n) is 4.44. The predicted octanol–water partition coefficient (Wildman–Crippen LogP) is 2.24. The molecule has 6 heteroatoms.